The van der Waals surface area contributed by atoms with Gasteiger partial charge in [-0.1, -0.05) is 31.5 Å². The zero-order valence-corrected chi connectivity index (χ0v) is 23.4. The van der Waals surface area contributed by atoms with Gasteiger partial charge in [0.2, 0.25) is 0 Å². The van der Waals surface area contributed by atoms with Gasteiger partial charge in [0.05, 0.1) is 12.2 Å². The van der Waals surface area contributed by atoms with Gasteiger partial charge in [-0.05, 0) is 65.2 Å². The maximum Gasteiger partial charge on any atom is 0.573 e. The number of hydrogen-bond donors (Lipinski definition) is 1. The molecule has 0 atom stereocenters. The number of amides is 1. The number of halogens is 3. The zero-order valence-electron chi connectivity index (χ0n) is 23.4. The van der Waals surface area contributed by atoms with Crippen LogP contribution in [0, 0.1) is 6.92 Å². The van der Waals surface area contributed by atoms with Gasteiger partial charge in [0.25, 0.3) is 0 Å². The topological polar surface area (TPSA) is 100 Å². The molecule has 11 heteroatoms. The zero-order chi connectivity index (χ0) is 29.9. The second-order valence-corrected chi connectivity index (χ2v) is 10.0. The standard InChI is InChI=1S/C29H36F3NO7/c1-6-7-17-37-23-18-21(22(34)15-11-12-16-33-27(36)40-28(3,4)5)25(39-29(30,31)32)19(2)24(23)26(35)38-20-13-9-8-10-14-20/h8-10,13-14,18H,6-7,11-12,15-17H2,1-5H3,(H,33,36). The first-order chi connectivity index (χ1) is 18.7. The van der Waals surface area contributed by atoms with Gasteiger partial charge in [0.1, 0.15) is 28.4 Å². The van der Waals surface area contributed by atoms with Crippen molar-refractivity contribution in [2.75, 3.05) is 13.2 Å². The van der Waals surface area contributed by atoms with E-state index in [-0.39, 0.29) is 54.2 Å². The molecule has 0 saturated carbocycles. The van der Waals surface area contributed by atoms with Crippen LogP contribution in [0.3, 0.4) is 0 Å². The third-order valence-corrected chi connectivity index (χ3v) is 5.41. The van der Waals surface area contributed by atoms with Crippen LogP contribution in [-0.4, -0.2) is 43.0 Å². The Bertz CT molecular complexity index is 1160. The molecule has 0 saturated heterocycles. The Morgan fingerprint density at radius 3 is 2.25 bits per heavy atom. The molecule has 0 aromatic heterocycles. The predicted molar refractivity (Wildman–Crippen MR) is 142 cm³/mol. The van der Waals surface area contributed by atoms with E-state index in [9.17, 15) is 27.6 Å². The van der Waals surface area contributed by atoms with Crippen LogP contribution in [0.5, 0.6) is 17.2 Å². The summed E-state index contributed by atoms with van der Waals surface area (Å²) in [5.41, 5.74) is -1.53. The number of ketones is 1. The second kappa shape index (κ2) is 14.6. The fraction of sp³-hybridized carbons (Fsp3) is 0.483. The maximum absolute atomic E-state index is 13.4. The molecule has 2 aromatic rings. The molecule has 0 spiro atoms. The van der Waals surface area contributed by atoms with Crippen LogP contribution in [0.1, 0.15) is 86.1 Å². The molecule has 0 bridgehead atoms. The molecule has 0 aliphatic heterocycles. The highest BCUT2D eigenvalue weighted by Crippen LogP contribution is 2.38. The molecule has 2 aromatic carbocycles. The van der Waals surface area contributed by atoms with E-state index >= 15 is 0 Å². The van der Waals surface area contributed by atoms with Gasteiger partial charge in [-0.25, -0.2) is 9.59 Å². The van der Waals surface area contributed by atoms with Gasteiger partial charge < -0.3 is 24.3 Å². The highest BCUT2D eigenvalue weighted by Gasteiger charge is 2.36. The number of ether oxygens (including phenoxy) is 4. The average Bonchev–Trinajstić information content (AvgIpc) is 2.84. The number of alkyl carbamates (subject to hydrolysis) is 1. The molecule has 1 N–H and O–H groups in total. The fourth-order valence-corrected chi connectivity index (χ4v) is 3.61. The summed E-state index contributed by atoms with van der Waals surface area (Å²) in [6.45, 7) is 8.72. The highest BCUT2D eigenvalue weighted by molar-refractivity contribution is 6.03. The Morgan fingerprint density at radius 1 is 0.975 bits per heavy atom. The Balaban J connectivity index is 2.32. The molecule has 220 valence electrons. The van der Waals surface area contributed by atoms with Crippen molar-refractivity contribution < 1.29 is 46.5 Å². The van der Waals surface area contributed by atoms with Crippen molar-refractivity contribution in [3.8, 4) is 17.2 Å². The summed E-state index contributed by atoms with van der Waals surface area (Å²) in [5, 5.41) is 2.56. The van der Waals surface area contributed by atoms with E-state index in [4.69, 9.17) is 14.2 Å². The first-order valence-corrected chi connectivity index (χ1v) is 13.0. The first kappa shape index (κ1) is 32.5. The minimum Gasteiger partial charge on any atom is -0.493 e. The van der Waals surface area contributed by atoms with Gasteiger partial charge in [-0.2, -0.15) is 0 Å². The summed E-state index contributed by atoms with van der Waals surface area (Å²) in [5.74, 6) is -2.26. The smallest absolute Gasteiger partial charge is 0.493 e. The molecule has 0 aliphatic rings. The summed E-state index contributed by atoms with van der Waals surface area (Å²) < 4.78 is 60.7. The van der Waals surface area contributed by atoms with Gasteiger partial charge in [0.15, 0.2) is 5.78 Å². The van der Waals surface area contributed by atoms with Crippen LogP contribution < -0.4 is 19.5 Å². The summed E-state index contributed by atoms with van der Waals surface area (Å²) in [6.07, 6.45) is -3.85. The SMILES string of the molecule is CCCCOc1cc(C(=O)CCCCNC(=O)OC(C)(C)C)c(OC(F)(F)F)c(C)c1C(=O)Oc1ccccc1. The van der Waals surface area contributed by atoms with E-state index in [0.29, 0.717) is 12.8 Å². The number of benzene rings is 2. The lowest BCUT2D eigenvalue weighted by atomic mass is 9.97. The van der Waals surface area contributed by atoms with Crippen LogP contribution in [0.15, 0.2) is 36.4 Å². The number of Topliss-reactive ketones (excluding diaryl/α,β-unsaturated/α-hetero) is 1. The molecule has 0 heterocycles. The van der Waals surface area contributed by atoms with Crippen LogP contribution in [-0.2, 0) is 4.74 Å². The normalized spacial score (nSPS) is 11.5. The number of carbonyl (C=O) groups excluding carboxylic acids is 3. The number of carbonyl (C=O) groups is 3. The molecule has 2 rings (SSSR count). The minimum atomic E-state index is -5.12. The minimum absolute atomic E-state index is 0.0728. The summed E-state index contributed by atoms with van der Waals surface area (Å²) in [7, 11) is 0. The number of hydrogen-bond acceptors (Lipinski definition) is 7. The summed E-state index contributed by atoms with van der Waals surface area (Å²) in [4.78, 5) is 38.0. The van der Waals surface area contributed by atoms with Crippen molar-refractivity contribution in [2.24, 2.45) is 0 Å². The second-order valence-electron chi connectivity index (χ2n) is 10.0. The summed E-state index contributed by atoms with van der Waals surface area (Å²) >= 11 is 0. The van der Waals surface area contributed by atoms with Gasteiger partial charge in [-0.15, -0.1) is 13.2 Å². The molecular weight excluding hydrogens is 531 g/mol. The molecule has 0 radical (unpaired) electrons. The molecule has 0 fully saturated rings. The Hall–Kier alpha value is -3.76. The monoisotopic (exact) mass is 567 g/mol. The predicted octanol–water partition coefficient (Wildman–Crippen LogP) is 7.17. The molecule has 8 nitrogen and oxygen atoms in total. The van der Waals surface area contributed by atoms with Crippen molar-refractivity contribution in [1.29, 1.82) is 0 Å². The molecule has 0 unspecified atom stereocenters. The number of para-hydroxylation sites is 1. The van der Waals surface area contributed by atoms with Gasteiger partial charge >= 0.3 is 18.4 Å². The van der Waals surface area contributed by atoms with Crippen molar-refractivity contribution in [3.63, 3.8) is 0 Å². The van der Waals surface area contributed by atoms with Gasteiger partial charge in [0, 0.05) is 18.5 Å². The van der Waals surface area contributed by atoms with Crippen LogP contribution >= 0.6 is 0 Å². The largest absolute Gasteiger partial charge is 0.573 e. The van der Waals surface area contributed by atoms with Crippen LogP contribution in [0.25, 0.3) is 0 Å². The van der Waals surface area contributed by atoms with Crippen molar-refractivity contribution in [2.45, 2.75) is 78.7 Å². The third-order valence-electron chi connectivity index (χ3n) is 5.41. The molecule has 40 heavy (non-hydrogen) atoms. The Morgan fingerprint density at radius 2 is 1.65 bits per heavy atom. The quantitative estimate of drug-likeness (QED) is 0.119. The van der Waals surface area contributed by atoms with E-state index < -0.39 is 35.6 Å². The molecule has 0 aliphatic carbocycles. The van der Waals surface area contributed by atoms with Crippen LogP contribution in [0.2, 0.25) is 0 Å². The fourth-order valence-electron chi connectivity index (χ4n) is 3.61. The van der Waals surface area contributed by atoms with E-state index in [1.165, 1.54) is 19.1 Å². The summed E-state index contributed by atoms with van der Waals surface area (Å²) in [6, 6.07) is 9.13. The van der Waals surface area contributed by atoms with E-state index in [0.717, 1.165) is 12.5 Å². The lowest BCUT2D eigenvalue weighted by Crippen LogP contribution is -2.33. The van der Waals surface area contributed by atoms with E-state index in [2.05, 4.69) is 10.1 Å². The van der Waals surface area contributed by atoms with Crippen molar-refractivity contribution >= 4 is 17.8 Å². The lowest BCUT2D eigenvalue weighted by Gasteiger charge is -2.21. The van der Waals surface area contributed by atoms with E-state index in [1.807, 2.05) is 6.92 Å². The van der Waals surface area contributed by atoms with E-state index in [1.54, 1.807) is 39.0 Å². The number of unbranched alkanes of at least 4 members (excludes halogenated alkanes) is 2. The van der Waals surface area contributed by atoms with Crippen LogP contribution in [0.4, 0.5) is 18.0 Å². The van der Waals surface area contributed by atoms with Crippen molar-refractivity contribution in [3.05, 3.63) is 53.1 Å². The number of alkyl halides is 3. The Labute approximate surface area is 232 Å². The first-order valence-electron chi connectivity index (χ1n) is 13.0. The van der Waals surface area contributed by atoms with Crippen molar-refractivity contribution in [1.82, 2.24) is 5.32 Å². The molecular formula is C29H36F3NO7. The third kappa shape index (κ3) is 10.8. The maximum atomic E-state index is 13.4. The number of rotatable bonds is 13. The molecule has 1 amide bonds. The Kier molecular flexibility index (Phi) is 11.8. The number of nitrogens with one attached hydrogen (secondary N) is 1. The average molecular weight is 568 g/mol. The number of esters is 1. The van der Waals surface area contributed by atoms with Gasteiger partial charge in [-0.3, -0.25) is 4.79 Å². The lowest BCUT2D eigenvalue weighted by molar-refractivity contribution is -0.275. The highest BCUT2D eigenvalue weighted by atomic mass is 19.4.